The quantitative estimate of drug-likeness (QED) is 0.831. The van der Waals surface area contributed by atoms with Crippen LogP contribution in [0.15, 0.2) is 36.5 Å². The first-order valence-corrected chi connectivity index (χ1v) is 8.46. The second-order valence-corrected chi connectivity index (χ2v) is 5.97. The number of aromatic nitrogens is 2. The molecule has 1 aliphatic heterocycles. The average molecular weight is 341 g/mol. The van der Waals surface area contributed by atoms with Gasteiger partial charge in [0.1, 0.15) is 5.69 Å². The Bertz CT molecular complexity index is 716. The van der Waals surface area contributed by atoms with Gasteiger partial charge in [-0.3, -0.25) is 9.69 Å². The van der Waals surface area contributed by atoms with Gasteiger partial charge in [0.2, 0.25) is 5.95 Å². The number of amides is 1. The van der Waals surface area contributed by atoms with Crippen molar-refractivity contribution in [1.29, 1.82) is 0 Å². The maximum Gasteiger partial charge on any atom is 0.270 e. The second-order valence-electron chi connectivity index (χ2n) is 5.97. The summed E-state index contributed by atoms with van der Waals surface area (Å²) in [6, 6.07) is 9.53. The Hall–Kier alpha value is -2.51. The van der Waals surface area contributed by atoms with Crippen molar-refractivity contribution in [3.8, 4) is 0 Å². The van der Waals surface area contributed by atoms with Crippen molar-refractivity contribution in [2.75, 3.05) is 44.7 Å². The highest BCUT2D eigenvalue weighted by Crippen LogP contribution is 2.14. The topological polar surface area (TPSA) is 79.4 Å². The fourth-order valence-electron chi connectivity index (χ4n) is 2.64. The SMILES string of the molecule is Cc1cccc(Nc2nccc(C(=O)NCCN3CCOCC3)n2)c1. The smallest absolute Gasteiger partial charge is 0.270 e. The summed E-state index contributed by atoms with van der Waals surface area (Å²) in [6.45, 7) is 6.76. The Kier molecular flexibility index (Phi) is 5.92. The lowest BCUT2D eigenvalue weighted by molar-refractivity contribution is 0.0383. The molecule has 0 bridgehead atoms. The lowest BCUT2D eigenvalue weighted by Crippen LogP contribution is -2.41. The van der Waals surface area contributed by atoms with Crippen LogP contribution in [0, 0.1) is 6.92 Å². The zero-order valence-corrected chi connectivity index (χ0v) is 14.4. The van der Waals surface area contributed by atoms with Gasteiger partial charge in [-0.05, 0) is 30.7 Å². The highest BCUT2D eigenvalue weighted by molar-refractivity contribution is 5.92. The largest absolute Gasteiger partial charge is 0.379 e. The fourth-order valence-corrected chi connectivity index (χ4v) is 2.64. The number of carbonyl (C=O) groups is 1. The van der Waals surface area contributed by atoms with Crippen molar-refractivity contribution in [3.63, 3.8) is 0 Å². The number of hydrogen-bond acceptors (Lipinski definition) is 6. The number of carbonyl (C=O) groups excluding carboxylic acids is 1. The predicted molar refractivity (Wildman–Crippen MR) is 96.1 cm³/mol. The Balaban J connectivity index is 1.54. The number of nitrogens with zero attached hydrogens (tertiary/aromatic N) is 3. The monoisotopic (exact) mass is 341 g/mol. The van der Waals surface area contributed by atoms with E-state index >= 15 is 0 Å². The van der Waals surface area contributed by atoms with Crippen molar-refractivity contribution in [2.24, 2.45) is 0 Å². The van der Waals surface area contributed by atoms with Crippen molar-refractivity contribution in [2.45, 2.75) is 6.92 Å². The summed E-state index contributed by atoms with van der Waals surface area (Å²) in [5.74, 6) is 0.217. The molecule has 7 heteroatoms. The lowest BCUT2D eigenvalue weighted by Gasteiger charge is -2.26. The van der Waals surface area contributed by atoms with Crippen molar-refractivity contribution in [1.82, 2.24) is 20.2 Å². The molecular formula is C18H23N5O2. The van der Waals surface area contributed by atoms with E-state index in [2.05, 4.69) is 25.5 Å². The Morgan fingerprint density at radius 1 is 1.28 bits per heavy atom. The average Bonchev–Trinajstić information content (AvgIpc) is 2.63. The van der Waals surface area contributed by atoms with Crippen LogP contribution in [-0.4, -0.2) is 60.2 Å². The normalized spacial score (nSPS) is 14.9. The van der Waals surface area contributed by atoms with E-state index in [9.17, 15) is 4.79 Å². The number of hydrogen-bond donors (Lipinski definition) is 2. The third kappa shape index (κ3) is 5.23. The van der Waals surface area contributed by atoms with Crippen molar-refractivity contribution < 1.29 is 9.53 Å². The van der Waals surface area contributed by atoms with Gasteiger partial charge in [0.25, 0.3) is 5.91 Å². The van der Waals surface area contributed by atoms with Gasteiger partial charge in [0, 0.05) is 38.1 Å². The van der Waals surface area contributed by atoms with E-state index in [1.54, 1.807) is 12.3 Å². The van der Waals surface area contributed by atoms with Gasteiger partial charge in [-0.25, -0.2) is 9.97 Å². The maximum absolute atomic E-state index is 12.3. The van der Waals surface area contributed by atoms with E-state index in [0.717, 1.165) is 44.1 Å². The maximum atomic E-state index is 12.3. The molecule has 1 fully saturated rings. The molecule has 1 amide bonds. The molecule has 7 nitrogen and oxygen atoms in total. The zero-order valence-electron chi connectivity index (χ0n) is 14.4. The molecule has 1 aliphatic rings. The molecule has 1 saturated heterocycles. The number of aryl methyl sites for hydroxylation is 1. The molecule has 0 saturated carbocycles. The molecule has 0 unspecified atom stereocenters. The number of rotatable bonds is 6. The minimum absolute atomic E-state index is 0.192. The Morgan fingerprint density at radius 2 is 2.12 bits per heavy atom. The van der Waals surface area contributed by atoms with Crippen molar-refractivity contribution in [3.05, 3.63) is 47.8 Å². The van der Waals surface area contributed by atoms with Gasteiger partial charge in [0.05, 0.1) is 13.2 Å². The summed E-state index contributed by atoms with van der Waals surface area (Å²) in [6.07, 6.45) is 1.59. The highest BCUT2D eigenvalue weighted by atomic mass is 16.5. The first-order chi connectivity index (χ1) is 12.2. The Labute approximate surface area is 147 Å². The molecule has 25 heavy (non-hydrogen) atoms. The number of nitrogens with one attached hydrogen (secondary N) is 2. The van der Waals surface area contributed by atoms with Crippen LogP contribution >= 0.6 is 0 Å². The van der Waals surface area contributed by atoms with Crippen LogP contribution in [0.2, 0.25) is 0 Å². The van der Waals surface area contributed by atoms with Crippen molar-refractivity contribution >= 4 is 17.5 Å². The summed E-state index contributed by atoms with van der Waals surface area (Å²) < 4.78 is 5.31. The van der Waals surface area contributed by atoms with E-state index in [0.29, 0.717) is 18.2 Å². The molecule has 2 N–H and O–H groups in total. The first kappa shape index (κ1) is 17.3. The number of benzene rings is 1. The molecule has 1 aromatic carbocycles. The minimum atomic E-state index is -0.192. The van der Waals surface area contributed by atoms with Crippen LogP contribution in [0.4, 0.5) is 11.6 Å². The second kappa shape index (κ2) is 8.55. The third-order valence-electron chi connectivity index (χ3n) is 3.98. The molecule has 1 aromatic heterocycles. The van der Waals surface area contributed by atoms with Crippen LogP contribution < -0.4 is 10.6 Å². The van der Waals surface area contributed by atoms with Gasteiger partial charge < -0.3 is 15.4 Å². The lowest BCUT2D eigenvalue weighted by atomic mass is 10.2. The molecule has 0 aliphatic carbocycles. The summed E-state index contributed by atoms with van der Waals surface area (Å²) in [4.78, 5) is 23.0. The van der Waals surface area contributed by atoms with E-state index in [4.69, 9.17) is 4.74 Å². The van der Waals surface area contributed by atoms with Gasteiger partial charge in [-0.1, -0.05) is 12.1 Å². The molecular weight excluding hydrogens is 318 g/mol. The number of ether oxygens (including phenoxy) is 1. The zero-order chi connectivity index (χ0) is 17.5. The van der Waals surface area contributed by atoms with E-state index < -0.39 is 0 Å². The van der Waals surface area contributed by atoms with Crippen LogP contribution in [0.3, 0.4) is 0 Å². The molecule has 0 atom stereocenters. The van der Waals surface area contributed by atoms with Gasteiger partial charge in [-0.2, -0.15) is 0 Å². The summed E-state index contributed by atoms with van der Waals surface area (Å²) in [7, 11) is 0. The summed E-state index contributed by atoms with van der Waals surface area (Å²) in [5, 5.41) is 6.03. The molecule has 0 radical (unpaired) electrons. The highest BCUT2D eigenvalue weighted by Gasteiger charge is 2.12. The fraction of sp³-hybridized carbons (Fsp3) is 0.389. The van der Waals surface area contributed by atoms with Gasteiger partial charge in [-0.15, -0.1) is 0 Å². The minimum Gasteiger partial charge on any atom is -0.379 e. The molecule has 2 heterocycles. The van der Waals surface area contributed by atoms with Crippen LogP contribution in [0.5, 0.6) is 0 Å². The van der Waals surface area contributed by atoms with Crippen LogP contribution in [0.25, 0.3) is 0 Å². The first-order valence-electron chi connectivity index (χ1n) is 8.46. The van der Waals surface area contributed by atoms with Crippen LogP contribution in [0.1, 0.15) is 16.1 Å². The molecule has 0 spiro atoms. The molecule has 2 aromatic rings. The Morgan fingerprint density at radius 3 is 2.92 bits per heavy atom. The summed E-state index contributed by atoms with van der Waals surface area (Å²) >= 11 is 0. The standard InChI is InChI=1S/C18H23N5O2/c1-14-3-2-4-15(13-14)21-18-20-6-5-16(22-18)17(24)19-7-8-23-9-11-25-12-10-23/h2-6,13H,7-12H2,1H3,(H,19,24)(H,20,21,22). The van der Waals surface area contributed by atoms with E-state index in [1.165, 1.54) is 0 Å². The van der Waals surface area contributed by atoms with Gasteiger partial charge >= 0.3 is 0 Å². The predicted octanol–water partition coefficient (Wildman–Crippen LogP) is 1.59. The number of anilines is 2. The van der Waals surface area contributed by atoms with Crippen LogP contribution in [-0.2, 0) is 4.74 Å². The third-order valence-corrected chi connectivity index (χ3v) is 3.98. The molecule has 3 rings (SSSR count). The van der Waals surface area contributed by atoms with E-state index in [1.807, 2.05) is 31.2 Å². The summed E-state index contributed by atoms with van der Waals surface area (Å²) in [5.41, 5.74) is 2.39. The van der Waals surface area contributed by atoms with Gasteiger partial charge in [0.15, 0.2) is 0 Å². The van der Waals surface area contributed by atoms with E-state index in [-0.39, 0.29) is 5.91 Å². The molecule has 132 valence electrons. The number of morpholine rings is 1.